The van der Waals surface area contributed by atoms with Gasteiger partial charge in [-0.1, -0.05) is 19.2 Å². The van der Waals surface area contributed by atoms with Crippen LogP contribution in [0.4, 0.5) is 0 Å². The second-order valence-electron chi connectivity index (χ2n) is 2.92. The summed E-state index contributed by atoms with van der Waals surface area (Å²) < 4.78 is 0. The summed E-state index contributed by atoms with van der Waals surface area (Å²) in [5, 5.41) is 3.17. The maximum absolute atomic E-state index is 4.08. The molecule has 2 heteroatoms. The molecule has 0 aromatic heterocycles. The second kappa shape index (κ2) is 6.23. The molecular formula is C11H18N2. The molecule has 2 nitrogen and oxygen atoms in total. The van der Waals surface area contributed by atoms with Crippen molar-refractivity contribution in [2.75, 3.05) is 0 Å². The van der Waals surface area contributed by atoms with Crippen molar-refractivity contribution in [3.05, 3.63) is 37.2 Å². The Morgan fingerprint density at radius 3 is 2.54 bits per heavy atom. The van der Waals surface area contributed by atoms with Crippen LogP contribution in [0.15, 0.2) is 42.2 Å². The first-order valence-corrected chi connectivity index (χ1v) is 4.31. The Morgan fingerprint density at radius 2 is 2.15 bits per heavy atom. The predicted octanol–water partition coefficient (Wildman–Crippen LogP) is 2.66. The summed E-state index contributed by atoms with van der Waals surface area (Å²) >= 11 is 0. The molecule has 13 heavy (non-hydrogen) atoms. The molecule has 1 unspecified atom stereocenters. The van der Waals surface area contributed by atoms with E-state index in [4.69, 9.17) is 0 Å². The number of hydrogen-bond acceptors (Lipinski definition) is 2. The van der Waals surface area contributed by atoms with E-state index in [0.29, 0.717) is 0 Å². The summed E-state index contributed by atoms with van der Waals surface area (Å²) in [6.07, 6.45) is 4.34. The summed E-state index contributed by atoms with van der Waals surface area (Å²) in [7, 11) is 0. The van der Waals surface area contributed by atoms with Crippen LogP contribution in [0.25, 0.3) is 0 Å². The third-order valence-corrected chi connectivity index (χ3v) is 1.48. The highest BCUT2D eigenvalue weighted by molar-refractivity contribution is 5.55. The number of hydrogen-bond donors (Lipinski definition) is 1. The lowest BCUT2D eigenvalue weighted by Gasteiger charge is -2.15. The van der Waals surface area contributed by atoms with Crippen molar-refractivity contribution in [3.63, 3.8) is 0 Å². The highest BCUT2D eigenvalue weighted by atomic mass is 14.9. The zero-order valence-corrected chi connectivity index (χ0v) is 8.51. The summed E-state index contributed by atoms with van der Waals surface area (Å²) in [4.78, 5) is 4.08. The lowest BCUT2D eigenvalue weighted by molar-refractivity contribution is 0.663. The average Bonchev–Trinajstić information content (AvgIpc) is 2.02. The Bertz CT molecular complexity index is 226. The van der Waals surface area contributed by atoms with Crippen molar-refractivity contribution in [3.8, 4) is 0 Å². The molecule has 0 aliphatic carbocycles. The van der Waals surface area contributed by atoms with Crippen LogP contribution in [-0.2, 0) is 0 Å². The van der Waals surface area contributed by atoms with E-state index >= 15 is 0 Å². The van der Waals surface area contributed by atoms with Crippen LogP contribution in [0.1, 0.15) is 20.3 Å². The first-order chi connectivity index (χ1) is 6.10. The lowest BCUT2D eigenvalue weighted by Crippen LogP contribution is -2.24. The van der Waals surface area contributed by atoms with Crippen molar-refractivity contribution in [1.82, 2.24) is 5.32 Å². The van der Waals surface area contributed by atoms with Gasteiger partial charge in [0.2, 0.25) is 0 Å². The Hall–Kier alpha value is -1.31. The van der Waals surface area contributed by atoms with Crippen LogP contribution >= 0.6 is 0 Å². The molecule has 0 saturated heterocycles. The molecule has 0 amide bonds. The van der Waals surface area contributed by atoms with Crippen molar-refractivity contribution < 1.29 is 0 Å². The topological polar surface area (TPSA) is 24.4 Å². The quantitative estimate of drug-likeness (QED) is 0.491. The molecule has 0 rings (SSSR count). The van der Waals surface area contributed by atoms with Gasteiger partial charge in [-0.15, -0.1) is 6.58 Å². The van der Waals surface area contributed by atoms with Crippen LogP contribution in [0.5, 0.6) is 0 Å². The third-order valence-electron chi connectivity index (χ3n) is 1.48. The van der Waals surface area contributed by atoms with Gasteiger partial charge in [0.1, 0.15) is 0 Å². The molecular weight excluding hydrogens is 160 g/mol. The number of nitrogens with zero attached hydrogens (tertiary/aromatic N) is 1. The van der Waals surface area contributed by atoms with Gasteiger partial charge >= 0.3 is 0 Å². The fourth-order valence-electron chi connectivity index (χ4n) is 0.999. The van der Waals surface area contributed by atoms with Crippen LogP contribution in [0, 0.1) is 0 Å². The summed E-state index contributed by atoms with van der Waals surface area (Å²) in [5.74, 6) is 0. The molecule has 0 spiro atoms. The normalized spacial score (nSPS) is 12.5. The monoisotopic (exact) mass is 178 g/mol. The number of rotatable bonds is 6. The van der Waals surface area contributed by atoms with Crippen molar-refractivity contribution in [2.45, 2.75) is 26.3 Å². The molecule has 0 fully saturated rings. The molecule has 0 aromatic rings. The van der Waals surface area contributed by atoms with Crippen molar-refractivity contribution >= 4 is 6.21 Å². The Balaban J connectivity index is 4.04. The average molecular weight is 178 g/mol. The maximum atomic E-state index is 4.08. The summed E-state index contributed by atoms with van der Waals surface area (Å²) in [6.45, 7) is 15.1. The van der Waals surface area contributed by atoms with Gasteiger partial charge in [0.15, 0.2) is 0 Å². The maximum Gasteiger partial charge on any atom is 0.0493 e. The smallest absolute Gasteiger partial charge is 0.0493 e. The van der Waals surface area contributed by atoms with Gasteiger partial charge in [-0.3, -0.25) is 4.99 Å². The van der Waals surface area contributed by atoms with E-state index in [1.807, 2.05) is 19.9 Å². The van der Waals surface area contributed by atoms with E-state index < -0.39 is 0 Å². The van der Waals surface area contributed by atoms with Crippen LogP contribution in [0.3, 0.4) is 0 Å². The fraction of sp³-hybridized carbons (Fsp3) is 0.364. The Morgan fingerprint density at radius 1 is 1.54 bits per heavy atom. The lowest BCUT2D eigenvalue weighted by atomic mass is 10.1. The number of aliphatic imine (C=N–C) groups is 1. The van der Waals surface area contributed by atoms with Crippen molar-refractivity contribution in [2.24, 2.45) is 4.99 Å². The van der Waals surface area contributed by atoms with E-state index in [-0.39, 0.29) is 6.04 Å². The second-order valence-corrected chi connectivity index (χ2v) is 2.92. The molecule has 1 atom stereocenters. The third kappa shape index (κ3) is 5.91. The Kier molecular flexibility index (Phi) is 5.60. The molecule has 0 radical (unpaired) electrons. The predicted molar refractivity (Wildman–Crippen MR) is 59.9 cm³/mol. The Labute approximate surface area is 80.8 Å². The van der Waals surface area contributed by atoms with Gasteiger partial charge in [0.05, 0.1) is 0 Å². The van der Waals surface area contributed by atoms with Crippen LogP contribution in [0.2, 0.25) is 0 Å². The van der Waals surface area contributed by atoms with Gasteiger partial charge in [-0.25, -0.2) is 0 Å². The van der Waals surface area contributed by atoms with Crippen molar-refractivity contribution in [1.29, 1.82) is 0 Å². The molecule has 72 valence electrons. The molecule has 0 heterocycles. The highest BCUT2D eigenvalue weighted by Gasteiger charge is 2.03. The molecule has 0 aliphatic heterocycles. The minimum atomic E-state index is 0.175. The molecule has 0 aromatic carbocycles. The fourth-order valence-corrected chi connectivity index (χ4v) is 0.999. The van der Waals surface area contributed by atoms with E-state index in [1.54, 1.807) is 6.21 Å². The van der Waals surface area contributed by atoms with E-state index in [1.165, 1.54) is 0 Å². The first-order valence-electron chi connectivity index (χ1n) is 4.31. The molecule has 1 N–H and O–H groups in total. The van der Waals surface area contributed by atoms with Crippen LogP contribution < -0.4 is 5.32 Å². The minimum Gasteiger partial charge on any atom is -0.382 e. The first kappa shape index (κ1) is 11.7. The van der Waals surface area contributed by atoms with Gasteiger partial charge in [0, 0.05) is 30.1 Å². The van der Waals surface area contributed by atoms with E-state index in [0.717, 1.165) is 17.8 Å². The van der Waals surface area contributed by atoms with Gasteiger partial charge < -0.3 is 5.32 Å². The minimum absolute atomic E-state index is 0.175. The summed E-state index contributed by atoms with van der Waals surface area (Å²) in [5.41, 5.74) is 1.78. The highest BCUT2D eigenvalue weighted by Crippen LogP contribution is 2.06. The molecule has 0 bridgehead atoms. The molecule has 0 saturated carbocycles. The van der Waals surface area contributed by atoms with Crippen LogP contribution in [-0.4, -0.2) is 12.3 Å². The largest absolute Gasteiger partial charge is 0.382 e. The van der Waals surface area contributed by atoms with Gasteiger partial charge in [-0.05, 0) is 13.8 Å². The van der Waals surface area contributed by atoms with Gasteiger partial charge in [0.25, 0.3) is 0 Å². The SMILES string of the molecule is C=CC(CC(=C)N=CC)NC(=C)C. The zero-order valence-electron chi connectivity index (χ0n) is 8.51. The number of nitrogens with one attached hydrogen (secondary N) is 1. The van der Waals surface area contributed by atoms with E-state index in [9.17, 15) is 0 Å². The standard InChI is InChI=1S/C11H18N2/c1-6-11(13-9(3)4)8-10(5)12-7-2/h6-7,11,13H,1,3,5,8H2,2,4H3. The summed E-state index contributed by atoms with van der Waals surface area (Å²) in [6, 6.07) is 0.175. The molecule has 0 aliphatic rings. The van der Waals surface area contributed by atoms with Gasteiger partial charge in [-0.2, -0.15) is 0 Å². The zero-order chi connectivity index (χ0) is 10.3. The number of allylic oxidation sites excluding steroid dienone is 1. The van der Waals surface area contributed by atoms with E-state index in [2.05, 4.69) is 30.0 Å².